The predicted molar refractivity (Wildman–Crippen MR) is 103 cm³/mol. The van der Waals surface area contributed by atoms with Gasteiger partial charge in [-0.3, -0.25) is 0 Å². The van der Waals surface area contributed by atoms with E-state index >= 15 is 0 Å². The molecule has 0 spiro atoms. The molecule has 144 valence electrons. The van der Waals surface area contributed by atoms with Crippen molar-refractivity contribution in [2.24, 2.45) is 0 Å². The standard InChI is InChI=1S/C20H26N4O3/c1-12(2)22-15-10-26-19-16(11-27-18(15)19)24-20-21-9-8-14(23-20)13-6-4-5-7-17(13)25-3/h4-9,12,15-16,18-19,22H,10-11H2,1-3H3,(H,21,23,24)/t15-,16+,18-,19+/m1/s1. The van der Waals surface area contributed by atoms with Gasteiger partial charge >= 0.3 is 0 Å². The third kappa shape index (κ3) is 3.76. The van der Waals surface area contributed by atoms with Gasteiger partial charge in [-0.25, -0.2) is 9.97 Å². The number of hydrogen-bond donors (Lipinski definition) is 2. The molecular formula is C20H26N4O3. The molecule has 4 rings (SSSR count). The van der Waals surface area contributed by atoms with Crippen molar-refractivity contribution >= 4 is 5.95 Å². The summed E-state index contributed by atoms with van der Waals surface area (Å²) in [7, 11) is 1.66. The Morgan fingerprint density at radius 1 is 1.07 bits per heavy atom. The fourth-order valence-electron chi connectivity index (χ4n) is 3.79. The Morgan fingerprint density at radius 3 is 2.59 bits per heavy atom. The average molecular weight is 370 g/mol. The summed E-state index contributed by atoms with van der Waals surface area (Å²) in [4.78, 5) is 9.04. The minimum Gasteiger partial charge on any atom is -0.496 e. The minimum absolute atomic E-state index is 0.000215. The van der Waals surface area contributed by atoms with Crippen LogP contribution in [0.15, 0.2) is 36.5 Å². The zero-order chi connectivity index (χ0) is 18.8. The third-order valence-corrected chi connectivity index (χ3v) is 4.95. The first-order valence-corrected chi connectivity index (χ1v) is 9.38. The summed E-state index contributed by atoms with van der Waals surface area (Å²) in [6.45, 7) is 5.51. The maximum absolute atomic E-state index is 6.00. The fourth-order valence-corrected chi connectivity index (χ4v) is 3.79. The maximum Gasteiger partial charge on any atom is 0.223 e. The average Bonchev–Trinajstić information content (AvgIpc) is 3.25. The molecule has 4 atom stereocenters. The molecule has 2 N–H and O–H groups in total. The Labute approximate surface area is 159 Å². The highest BCUT2D eigenvalue weighted by Crippen LogP contribution is 2.30. The lowest BCUT2D eigenvalue weighted by Gasteiger charge is -2.20. The largest absolute Gasteiger partial charge is 0.496 e. The van der Waals surface area contributed by atoms with E-state index in [0.717, 1.165) is 17.0 Å². The number of methoxy groups -OCH3 is 1. The van der Waals surface area contributed by atoms with Gasteiger partial charge in [0.05, 0.1) is 38.1 Å². The monoisotopic (exact) mass is 370 g/mol. The van der Waals surface area contributed by atoms with E-state index in [9.17, 15) is 0 Å². The second-order valence-electron chi connectivity index (χ2n) is 7.24. The van der Waals surface area contributed by atoms with E-state index in [4.69, 9.17) is 14.2 Å². The van der Waals surface area contributed by atoms with Crippen LogP contribution in [0.1, 0.15) is 13.8 Å². The summed E-state index contributed by atoms with van der Waals surface area (Å²) < 4.78 is 17.4. The first-order valence-electron chi connectivity index (χ1n) is 9.38. The lowest BCUT2D eigenvalue weighted by molar-refractivity contribution is 0.0670. The molecule has 2 aromatic rings. The number of benzene rings is 1. The van der Waals surface area contributed by atoms with Crippen molar-refractivity contribution in [1.29, 1.82) is 0 Å². The van der Waals surface area contributed by atoms with E-state index in [2.05, 4.69) is 34.4 Å². The van der Waals surface area contributed by atoms with E-state index in [0.29, 0.717) is 25.2 Å². The van der Waals surface area contributed by atoms with Gasteiger partial charge in [-0.05, 0) is 18.2 Å². The SMILES string of the molecule is COc1ccccc1-c1ccnc(N[C@H]2CO[C@H]3[C@H]2OC[C@H]3NC(C)C)n1. The van der Waals surface area contributed by atoms with E-state index in [1.807, 2.05) is 30.3 Å². The molecule has 3 heterocycles. The van der Waals surface area contributed by atoms with Crippen molar-refractivity contribution in [2.75, 3.05) is 25.6 Å². The molecule has 0 amide bonds. The van der Waals surface area contributed by atoms with E-state index in [-0.39, 0.29) is 24.3 Å². The van der Waals surface area contributed by atoms with Crippen molar-refractivity contribution < 1.29 is 14.2 Å². The van der Waals surface area contributed by atoms with Crippen LogP contribution in [0.25, 0.3) is 11.3 Å². The molecule has 2 saturated heterocycles. The van der Waals surface area contributed by atoms with Gasteiger partial charge in [-0.2, -0.15) is 0 Å². The number of fused-ring (bicyclic) bond motifs is 1. The van der Waals surface area contributed by atoms with Crippen LogP contribution in [0.5, 0.6) is 5.75 Å². The van der Waals surface area contributed by atoms with Crippen LogP contribution in [-0.4, -0.2) is 60.6 Å². The van der Waals surface area contributed by atoms with Crippen molar-refractivity contribution in [3.05, 3.63) is 36.5 Å². The number of aromatic nitrogens is 2. The summed E-state index contributed by atoms with van der Waals surface area (Å²) in [6.07, 6.45) is 1.81. The minimum atomic E-state index is -0.000215. The van der Waals surface area contributed by atoms with Gasteiger partial charge in [-0.1, -0.05) is 26.0 Å². The second kappa shape index (κ2) is 7.80. The number of rotatable bonds is 6. The third-order valence-electron chi connectivity index (χ3n) is 4.95. The molecule has 0 bridgehead atoms. The first kappa shape index (κ1) is 18.2. The normalized spacial score (nSPS) is 27.0. The number of ether oxygens (including phenoxy) is 3. The summed E-state index contributed by atoms with van der Waals surface area (Å²) in [5.74, 6) is 1.35. The Bertz CT molecular complexity index is 785. The van der Waals surface area contributed by atoms with Gasteiger partial charge in [0.2, 0.25) is 5.95 Å². The van der Waals surface area contributed by atoms with Gasteiger partial charge in [0.15, 0.2) is 0 Å². The zero-order valence-electron chi connectivity index (χ0n) is 15.9. The quantitative estimate of drug-likeness (QED) is 0.806. The van der Waals surface area contributed by atoms with Crippen LogP contribution in [0.2, 0.25) is 0 Å². The molecule has 0 unspecified atom stereocenters. The molecule has 7 heteroatoms. The molecule has 7 nitrogen and oxygen atoms in total. The van der Waals surface area contributed by atoms with Crippen molar-refractivity contribution in [3.63, 3.8) is 0 Å². The second-order valence-corrected chi connectivity index (χ2v) is 7.24. The molecule has 0 aliphatic carbocycles. The van der Waals surface area contributed by atoms with Gasteiger partial charge in [-0.15, -0.1) is 0 Å². The van der Waals surface area contributed by atoms with E-state index < -0.39 is 0 Å². The van der Waals surface area contributed by atoms with Crippen LogP contribution in [-0.2, 0) is 9.47 Å². The van der Waals surface area contributed by atoms with E-state index in [1.165, 1.54) is 0 Å². The highest BCUT2D eigenvalue weighted by molar-refractivity contribution is 5.67. The lowest BCUT2D eigenvalue weighted by atomic mass is 10.1. The van der Waals surface area contributed by atoms with Gasteiger partial charge in [0, 0.05) is 17.8 Å². The molecule has 0 radical (unpaired) electrons. The molecule has 2 fully saturated rings. The van der Waals surface area contributed by atoms with Crippen LogP contribution >= 0.6 is 0 Å². The van der Waals surface area contributed by atoms with Crippen LogP contribution in [0, 0.1) is 0 Å². The molecule has 1 aromatic carbocycles. The van der Waals surface area contributed by atoms with Gasteiger partial charge in [0.1, 0.15) is 18.0 Å². The fraction of sp³-hybridized carbons (Fsp3) is 0.500. The number of nitrogens with zero attached hydrogens (tertiary/aromatic N) is 2. The summed E-state index contributed by atoms with van der Waals surface area (Å²) in [6, 6.07) is 10.4. The Morgan fingerprint density at radius 2 is 1.81 bits per heavy atom. The van der Waals surface area contributed by atoms with Gasteiger partial charge < -0.3 is 24.8 Å². The van der Waals surface area contributed by atoms with Crippen molar-refractivity contribution in [3.8, 4) is 17.0 Å². The maximum atomic E-state index is 6.00. The van der Waals surface area contributed by atoms with Crippen molar-refractivity contribution in [1.82, 2.24) is 15.3 Å². The Kier molecular flexibility index (Phi) is 5.24. The smallest absolute Gasteiger partial charge is 0.223 e. The highest BCUT2D eigenvalue weighted by atomic mass is 16.6. The molecule has 2 aliphatic rings. The molecular weight excluding hydrogens is 344 g/mol. The lowest BCUT2D eigenvalue weighted by Crippen LogP contribution is -2.44. The van der Waals surface area contributed by atoms with Gasteiger partial charge in [0.25, 0.3) is 0 Å². The Balaban J connectivity index is 1.48. The highest BCUT2D eigenvalue weighted by Gasteiger charge is 2.47. The first-order chi connectivity index (χ1) is 13.2. The number of nitrogens with one attached hydrogen (secondary N) is 2. The van der Waals surface area contributed by atoms with Crippen LogP contribution in [0.3, 0.4) is 0 Å². The molecule has 27 heavy (non-hydrogen) atoms. The number of para-hydroxylation sites is 1. The van der Waals surface area contributed by atoms with Crippen LogP contribution in [0.4, 0.5) is 5.95 Å². The predicted octanol–water partition coefficient (Wildman–Crippen LogP) is 2.10. The molecule has 1 aromatic heterocycles. The summed E-state index contributed by atoms with van der Waals surface area (Å²) in [5, 5.41) is 6.91. The van der Waals surface area contributed by atoms with Crippen molar-refractivity contribution in [2.45, 2.75) is 44.2 Å². The molecule has 2 aliphatic heterocycles. The topological polar surface area (TPSA) is 77.5 Å². The van der Waals surface area contributed by atoms with E-state index in [1.54, 1.807) is 13.3 Å². The molecule has 0 saturated carbocycles. The summed E-state index contributed by atoms with van der Waals surface area (Å²) >= 11 is 0. The number of hydrogen-bond acceptors (Lipinski definition) is 7. The Hall–Kier alpha value is -2.22. The number of anilines is 1. The van der Waals surface area contributed by atoms with Crippen LogP contribution < -0.4 is 15.4 Å². The zero-order valence-corrected chi connectivity index (χ0v) is 15.9. The summed E-state index contributed by atoms with van der Waals surface area (Å²) in [5.41, 5.74) is 1.75.